The molecule has 3 saturated heterocycles. The van der Waals surface area contributed by atoms with Gasteiger partial charge in [0.2, 0.25) is 5.91 Å². The van der Waals surface area contributed by atoms with E-state index in [-0.39, 0.29) is 30.3 Å². The molecule has 2 atom stereocenters. The van der Waals surface area contributed by atoms with Crippen molar-refractivity contribution in [3.63, 3.8) is 0 Å². The van der Waals surface area contributed by atoms with E-state index in [4.69, 9.17) is 4.52 Å². The van der Waals surface area contributed by atoms with Gasteiger partial charge in [-0.05, 0) is 18.9 Å². The SMILES string of the molecule is Cn1nnc2cc(C(=O)N3CC4CCC3CN4C(=O)Cc3cnoc3)cnc21. The third kappa shape index (κ3) is 2.72. The molecule has 0 radical (unpaired) electrons. The molecule has 3 aliphatic rings. The first-order valence-electron chi connectivity index (χ1n) is 9.24. The number of hydrogen-bond donors (Lipinski definition) is 0. The van der Waals surface area contributed by atoms with Gasteiger partial charge in [-0.15, -0.1) is 5.10 Å². The lowest BCUT2D eigenvalue weighted by atomic mass is 9.89. The van der Waals surface area contributed by atoms with Gasteiger partial charge >= 0.3 is 0 Å². The summed E-state index contributed by atoms with van der Waals surface area (Å²) in [7, 11) is 1.76. The van der Waals surface area contributed by atoms with Gasteiger partial charge in [0.15, 0.2) is 5.65 Å². The standard InChI is InChI=1S/C18H19N7O3/c1-23-17-15(21-22-23)5-12(7-19-17)18(27)25-9-13-2-3-14(25)8-24(13)16(26)4-11-6-20-28-10-11/h5-7,10,13-14H,2-4,8-9H2,1H3. The summed E-state index contributed by atoms with van der Waals surface area (Å²) in [5, 5.41) is 11.6. The van der Waals surface area contributed by atoms with E-state index in [0.29, 0.717) is 29.8 Å². The Labute approximate surface area is 160 Å². The lowest BCUT2D eigenvalue weighted by molar-refractivity contribution is -0.139. The van der Waals surface area contributed by atoms with Gasteiger partial charge in [0.25, 0.3) is 5.91 Å². The lowest BCUT2D eigenvalue weighted by Crippen LogP contribution is -2.65. The average molecular weight is 381 g/mol. The smallest absolute Gasteiger partial charge is 0.255 e. The van der Waals surface area contributed by atoms with E-state index in [0.717, 1.165) is 18.4 Å². The Morgan fingerprint density at radius 1 is 1.18 bits per heavy atom. The zero-order valence-electron chi connectivity index (χ0n) is 15.4. The molecular weight excluding hydrogens is 362 g/mol. The summed E-state index contributed by atoms with van der Waals surface area (Å²) < 4.78 is 6.38. The minimum atomic E-state index is -0.0686. The first kappa shape index (κ1) is 16.8. The number of carbonyl (C=O) groups excluding carboxylic acids is 2. The molecule has 2 amide bonds. The number of aromatic nitrogens is 5. The number of piperidine rings is 2. The van der Waals surface area contributed by atoms with Crippen LogP contribution in [-0.2, 0) is 18.3 Å². The van der Waals surface area contributed by atoms with Gasteiger partial charge in [0.05, 0.1) is 18.2 Å². The first-order chi connectivity index (χ1) is 13.6. The summed E-state index contributed by atoms with van der Waals surface area (Å²) in [5.41, 5.74) is 2.51. The Bertz CT molecular complexity index is 1040. The molecule has 0 spiro atoms. The number of piperazine rings is 1. The molecule has 6 heterocycles. The fraction of sp³-hybridized carbons (Fsp3) is 0.444. The number of fused-ring (bicyclic) bond motifs is 4. The molecule has 3 aromatic rings. The fourth-order valence-corrected chi connectivity index (χ4v) is 4.18. The van der Waals surface area contributed by atoms with Crippen molar-refractivity contribution >= 4 is 23.0 Å². The van der Waals surface area contributed by atoms with Gasteiger partial charge in [-0.1, -0.05) is 10.4 Å². The van der Waals surface area contributed by atoms with Crippen molar-refractivity contribution in [2.75, 3.05) is 13.1 Å². The van der Waals surface area contributed by atoms with Gasteiger partial charge < -0.3 is 14.3 Å². The molecule has 2 unspecified atom stereocenters. The van der Waals surface area contributed by atoms with Crippen LogP contribution in [0.25, 0.3) is 11.2 Å². The summed E-state index contributed by atoms with van der Waals surface area (Å²) in [6.45, 7) is 1.10. The molecule has 10 heteroatoms. The minimum Gasteiger partial charge on any atom is -0.364 e. The number of hydrogen-bond acceptors (Lipinski definition) is 7. The molecule has 10 nitrogen and oxygen atoms in total. The summed E-state index contributed by atoms with van der Waals surface area (Å²) in [6.07, 6.45) is 6.70. The quantitative estimate of drug-likeness (QED) is 0.646. The predicted octanol–water partition coefficient (Wildman–Crippen LogP) is 0.409. The predicted molar refractivity (Wildman–Crippen MR) is 96.1 cm³/mol. The molecule has 3 aliphatic heterocycles. The Morgan fingerprint density at radius 3 is 2.68 bits per heavy atom. The van der Waals surface area contributed by atoms with Crippen LogP contribution in [0.1, 0.15) is 28.8 Å². The van der Waals surface area contributed by atoms with Crippen LogP contribution < -0.4 is 0 Å². The molecule has 144 valence electrons. The number of nitrogens with zero attached hydrogens (tertiary/aromatic N) is 7. The highest BCUT2D eigenvalue weighted by molar-refractivity contribution is 5.96. The average Bonchev–Trinajstić information content (AvgIpc) is 3.37. The Morgan fingerprint density at radius 2 is 1.96 bits per heavy atom. The van der Waals surface area contributed by atoms with Crippen molar-refractivity contribution < 1.29 is 14.1 Å². The van der Waals surface area contributed by atoms with Gasteiger partial charge in [0.1, 0.15) is 11.8 Å². The molecular formula is C18H19N7O3. The van der Waals surface area contributed by atoms with Gasteiger partial charge in [-0.2, -0.15) is 0 Å². The topological polar surface area (TPSA) is 110 Å². The van der Waals surface area contributed by atoms with Crippen LogP contribution >= 0.6 is 0 Å². The highest BCUT2D eigenvalue weighted by atomic mass is 16.5. The molecule has 2 bridgehead atoms. The van der Waals surface area contributed by atoms with Gasteiger partial charge in [-0.3, -0.25) is 9.59 Å². The van der Waals surface area contributed by atoms with Crippen molar-refractivity contribution in [2.24, 2.45) is 7.05 Å². The van der Waals surface area contributed by atoms with Crippen LogP contribution in [0.2, 0.25) is 0 Å². The van der Waals surface area contributed by atoms with Crippen molar-refractivity contribution in [2.45, 2.75) is 31.3 Å². The number of aryl methyl sites for hydroxylation is 1. The first-order valence-corrected chi connectivity index (χ1v) is 9.24. The van der Waals surface area contributed by atoms with Crippen LogP contribution in [0.3, 0.4) is 0 Å². The van der Waals surface area contributed by atoms with Crippen LogP contribution in [0.5, 0.6) is 0 Å². The van der Waals surface area contributed by atoms with Crippen molar-refractivity contribution in [1.82, 2.24) is 34.9 Å². The van der Waals surface area contributed by atoms with Gasteiger partial charge in [-0.25, -0.2) is 9.67 Å². The Kier molecular flexibility index (Phi) is 3.85. The third-order valence-corrected chi connectivity index (χ3v) is 5.64. The van der Waals surface area contributed by atoms with E-state index in [2.05, 4.69) is 20.5 Å². The second-order valence-electron chi connectivity index (χ2n) is 7.38. The maximum atomic E-state index is 13.1. The second kappa shape index (κ2) is 6.39. The number of pyridine rings is 1. The molecule has 28 heavy (non-hydrogen) atoms. The van der Waals surface area contributed by atoms with Crippen LogP contribution in [0.4, 0.5) is 0 Å². The summed E-state index contributed by atoms with van der Waals surface area (Å²) in [4.78, 5) is 33.8. The molecule has 3 fully saturated rings. The highest BCUT2D eigenvalue weighted by Gasteiger charge is 2.43. The minimum absolute atomic E-state index is 0.0153. The summed E-state index contributed by atoms with van der Waals surface area (Å²) >= 11 is 0. The monoisotopic (exact) mass is 381 g/mol. The van der Waals surface area contributed by atoms with E-state index in [1.165, 1.54) is 6.26 Å². The number of carbonyl (C=O) groups is 2. The van der Waals surface area contributed by atoms with Crippen molar-refractivity contribution in [1.29, 1.82) is 0 Å². The van der Waals surface area contributed by atoms with E-state index in [9.17, 15) is 9.59 Å². The van der Waals surface area contributed by atoms with E-state index in [1.807, 2.05) is 9.80 Å². The second-order valence-corrected chi connectivity index (χ2v) is 7.38. The van der Waals surface area contributed by atoms with Crippen LogP contribution in [-0.4, -0.2) is 71.9 Å². The van der Waals surface area contributed by atoms with Crippen LogP contribution in [0.15, 0.2) is 29.2 Å². The third-order valence-electron chi connectivity index (χ3n) is 5.64. The molecule has 6 rings (SSSR count). The van der Waals surface area contributed by atoms with Crippen molar-refractivity contribution in [3.05, 3.63) is 35.9 Å². The van der Waals surface area contributed by atoms with E-state index in [1.54, 1.807) is 30.2 Å². The maximum absolute atomic E-state index is 13.1. The molecule has 0 saturated carbocycles. The summed E-state index contributed by atoms with van der Waals surface area (Å²) in [5.74, 6) is -0.0199. The largest absolute Gasteiger partial charge is 0.364 e. The number of rotatable bonds is 3. The molecule has 3 aromatic heterocycles. The number of amides is 2. The van der Waals surface area contributed by atoms with Crippen molar-refractivity contribution in [3.8, 4) is 0 Å². The normalized spacial score (nSPS) is 21.5. The highest BCUT2D eigenvalue weighted by Crippen LogP contribution is 2.30. The zero-order valence-corrected chi connectivity index (χ0v) is 15.4. The lowest BCUT2D eigenvalue weighted by Gasteiger charge is -2.51. The Balaban J connectivity index is 1.32. The Hall–Kier alpha value is -3.30. The van der Waals surface area contributed by atoms with Crippen LogP contribution in [0, 0.1) is 0 Å². The summed E-state index contributed by atoms with van der Waals surface area (Å²) in [6, 6.07) is 1.78. The fourth-order valence-electron chi connectivity index (χ4n) is 4.18. The molecule has 0 aromatic carbocycles. The molecule has 0 aliphatic carbocycles. The van der Waals surface area contributed by atoms with E-state index < -0.39 is 0 Å². The maximum Gasteiger partial charge on any atom is 0.255 e. The van der Waals surface area contributed by atoms with Gasteiger partial charge in [0, 0.05) is 44.0 Å². The van der Waals surface area contributed by atoms with E-state index >= 15 is 0 Å². The zero-order chi connectivity index (χ0) is 19.3. The molecule has 0 N–H and O–H groups in total.